The van der Waals surface area contributed by atoms with Crippen molar-refractivity contribution in [3.05, 3.63) is 53.6 Å². The molecule has 1 aromatic heterocycles. The van der Waals surface area contributed by atoms with Crippen LogP contribution in [-0.4, -0.2) is 85.4 Å². The van der Waals surface area contributed by atoms with Crippen molar-refractivity contribution >= 4 is 51.0 Å². The van der Waals surface area contributed by atoms with Crippen molar-refractivity contribution in [2.24, 2.45) is 5.73 Å². The lowest BCUT2D eigenvalue weighted by molar-refractivity contribution is -0.140. The molecule has 0 spiro atoms. The number of halogens is 1. The van der Waals surface area contributed by atoms with Crippen molar-refractivity contribution in [1.82, 2.24) is 19.8 Å². The highest BCUT2D eigenvalue weighted by Crippen LogP contribution is 2.27. The van der Waals surface area contributed by atoms with Crippen LogP contribution in [0.3, 0.4) is 0 Å². The lowest BCUT2D eigenvalue weighted by Gasteiger charge is -2.26. The third-order valence-corrected chi connectivity index (χ3v) is 8.21. The van der Waals surface area contributed by atoms with Crippen LogP contribution in [0.4, 0.5) is 0 Å². The highest BCUT2D eigenvalue weighted by Gasteiger charge is 2.21. The first kappa shape index (κ1) is 30.1. The zero-order valence-electron chi connectivity index (χ0n) is 21.7. The first-order valence-corrected chi connectivity index (χ1v) is 14.2. The largest absolute Gasteiger partial charge is 0.469 e. The van der Waals surface area contributed by atoms with Crippen molar-refractivity contribution in [1.29, 1.82) is 5.41 Å². The summed E-state index contributed by atoms with van der Waals surface area (Å²) >= 11 is 0. The molecule has 39 heavy (non-hydrogen) atoms. The Bertz CT molecular complexity index is 1440. The molecule has 1 amide bonds. The predicted molar refractivity (Wildman–Crippen MR) is 152 cm³/mol. The summed E-state index contributed by atoms with van der Waals surface area (Å²) in [5.41, 5.74) is 9.02. The van der Waals surface area contributed by atoms with E-state index >= 15 is 0 Å². The normalized spacial score (nSPS) is 14.9. The van der Waals surface area contributed by atoms with Gasteiger partial charge in [0.25, 0.3) is 5.91 Å². The first-order valence-electron chi connectivity index (χ1n) is 12.4. The van der Waals surface area contributed by atoms with Crippen molar-refractivity contribution in [3.8, 4) is 11.4 Å². The number of nitrogens with one attached hydrogen (secondary N) is 2. The number of esters is 1. The Balaban J connectivity index is 0.00000420. The molecule has 0 radical (unpaired) electrons. The zero-order chi connectivity index (χ0) is 27.3. The molecule has 0 bridgehead atoms. The number of nitrogens with two attached hydrogens (primary N) is 1. The number of hydrogen-bond donors (Lipinski definition) is 3. The van der Waals surface area contributed by atoms with Gasteiger partial charge in [-0.05, 0) is 31.2 Å². The van der Waals surface area contributed by atoms with E-state index in [2.05, 4.69) is 19.5 Å². The van der Waals surface area contributed by atoms with Crippen LogP contribution in [0.25, 0.3) is 22.4 Å². The second-order valence-electron chi connectivity index (χ2n) is 9.21. The summed E-state index contributed by atoms with van der Waals surface area (Å²) in [6.07, 6.45) is 0.877. The molecule has 1 fully saturated rings. The Morgan fingerprint density at radius 1 is 1.08 bits per heavy atom. The molecule has 1 saturated heterocycles. The molecule has 2 heterocycles. The van der Waals surface area contributed by atoms with Gasteiger partial charge in [0, 0.05) is 42.9 Å². The Morgan fingerprint density at radius 3 is 2.38 bits per heavy atom. The summed E-state index contributed by atoms with van der Waals surface area (Å²) < 4.78 is 30.2. The molecule has 210 valence electrons. The van der Waals surface area contributed by atoms with Gasteiger partial charge in [0.15, 0.2) is 9.84 Å². The number of nitrogen functional groups attached to an aromatic ring is 1. The number of nitrogens with zero attached hydrogens (tertiary/aromatic N) is 3. The zero-order valence-corrected chi connectivity index (χ0v) is 23.3. The number of hydrogen-bond acceptors (Lipinski definition) is 8. The van der Waals surface area contributed by atoms with Crippen LogP contribution in [0.15, 0.2) is 42.5 Å². The molecular formula is C26H33ClN6O5S. The first-order chi connectivity index (χ1) is 18.2. The summed E-state index contributed by atoms with van der Waals surface area (Å²) in [5.74, 6) is 0.387. The number of sulfone groups is 1. The smallest absolute Gasteiger partial charge is 0.307 e. The van der Waals surface area contributed by atoms with E-state index in [1.807, 2.05) is 18.2 Å². The number of amides is 1. The van der Waals surface area contributed by atoms with Gasteiger partial charge in [-0.25, -0.2) is 13.4 Å². The molecule has 0 saturated carbocycles. The molecule has 0 atom stereocenters. The molecule has 13 heteroatoms. The lowest BCUT2D eigenvalue weighted by atomic mass is 10.1. The van der Waals surface area contributed by atoms with Gasteiger partial charge in [-0.3, -0.25) is 15.0 Å². The number of methoxy groups -OCH3 is 1. The second kappa shape index (κ2) is 13.0. The van der Waals surface area contributed by atoms with Gasteiger partial charge >= 0.3 is 5.97 Å². The number of fused-ring (bicyclic) bond motifs is 1. The second-order valence-corrected chi connectivity index (χ2v) is 11.5. The number of benzene rings is 2. The topological polar surface area (TPSA) is 160 Å². The Labute approximate surface area is 233 Å². The van der Waals surface area contributed by atoms with Crippen LogP contribution in [0.1, 0.15) is 28.8 Å². The van der Waals surface area contributed by atoms with E-state index in [4.69, 9.17) is 16.1 Å². The Kier molecular flexibility index (Phi) is 10.1. The average molecular weight is 577 g/mol. The number of rotatable bonds is 10. The van der Waals surface area contributed by atoms with E-state index < -0.39 is 15.8 Å². The molecule has 1 aliphatic heterocycles. The van der Waals surface area contributed by atoms with Gasteiger partial charge in [-0.15, -0.1) is 12.4 Å². The van der Waals surface area contributed by atoms with Crippen LogP contribution in [-0.2, 0) is 25.9 Å². The summed E-state index contributed by atoms with van der Waals surface area (Å²) in [6, 6.07) is 12.6. The maximum absolute atomic E-state index is 12.6. The number of carbonyl (C=O) groups is 2. The van der Waals surface area contributed by atoms with Crippen LogP contribution in [0.5, 0.6) is 0 Å². The van der Waals surface area contributed by atoms with E-state index in [0.717, 1.165) is 29.9 Å². The van der Waals surface area contributed by atoms with E-state index in [1.165, 1.54) is 7.11 Å². The third-order valence-electron chi connectivity index (χ3n) is 6.60. The van der Waals surface area contributed by atoms with Crippen molar-refractivity contribution in [3.63, 3.8) is 0 Å². The van der Waals surface area contributed by atoms with Gasteiger partial charge in [-0.2, -0.15) is 0 Å². The number of ether oxygens (including phenoxy) is 1. The van der Waals surface area contributed by atoms with Gasteiger partial charge in [0.1, 0.15) is 11.7 Å². The molecule has 0 aliphatic carbocycles. The molecule has 4 rings (SSSR count). The Hall–Kier alpha value is -3.48. The number of aromatic nitrogens is 2. The van der Waals surface area contributed by atoms with Crippen molar-refractivity contribution < 1.29 is 22.7 Å². The van der Waals surface area contributed by atoms with Gasteiger partial charge in [-0.1, -0.05) is 24.3 Å². The summed E-state index contributed by atoms with van der Waals surface area (Å²) in [5, 5.41) is 10.4. The van der Waals surface area contributed by atoms with Gasteiger partial charge in [0.2, 0.25) is 0 Å². The summed E-state index contributed by atoms with van der Waals surface area (Å²) in [4.78, 5) is 31.0. The van der Waals surface area contributed by atoms with E-state index in [0.29, 0.717) is 36.3 Å². The maximum atomic E-state index is 12.6. The highest BCUT2D eigenvalue weighted by molar-refractivity contribution is 7.91. The van der Waals surface area contributed by atoms with Crippen LogP contribution in [0, 0.1) is 5.41 Å². The fourth-order valence-electron chi connectivity index (χ4n) is 4.43. The third kappa shape index (κ3) is 7.55. The van der Waals surface area contributed by atoms with E-state index in [9.17, 15) is 18.0 Å². The minimum atomic E-state index is -2.92. The number of imidazole rings is 1. The number of carbonyl (C=O) groups excluding carboxylic acids is 2. The quantitative estimate of drug-likeness (QED) is 0.187. The SMILES string of the molecule is COC(=O)CCNC(=O)c1ccc2c(c1)nc(-c1ccc(C(=N)N)cc1)n2CCCN1CCS(=O)(=O)CC1.Cl. The van der Waals surface area contributed by atoms with Crippen LogP contribution < -0.4 is 11.1 Å². The van der Waals surface area contributed by atoms with Crippen molar-refractivity contribution in [2.75, 3.05) is 44.8 Å². The monoisotopic (exact) mass is 576 g/mol. The summed E-state index contributed by atoms with van der Waals surface area (Å²) in [6.45, 7) is 2.66. The maximum Gasteiger partial charge on any atom is 0.307 e. The minimum Gasteiger partial charge on any atom is -0.469 e. The molecule has 2 aromatic carbocycles. The molecule has 1 aliphatic rings. The Morgan fingerprint density at radius 2 is 1.74 bits per heavy atom. The lowest BCUT2D eigenvalue weighted by Crippen LogP contribution is -2.40. The van der Waals surface area contributed by atoms with Crippen LogP contribution in [0.2, 0.25) is 0 Å². The van der Waals surface area contributed by atoms with E-state index in [1.54, 1.807) is 24.3 Å². The van der Waals surface area contributed by atoms with Gasteiger partial charge < -0.3 is 25.3 Å². The molecule has 0 unspecified atom stereocenters. The van der Waals surface area contributed by atoms with Gasteiger partial charge in [0.05, 0.1) is 36.1 Å². The molecule has 11 nitrogen and oxygen atoms in total. The standard InChI is InChI=1S/C26H32N6O5S.ClH/c1-37-23(33)9-10-29-26(34)20-7-8-22-21(17-20)30-25(19-5-3-18(4-6-19)24(27)28)32(22)12-2-11-31-13-15-38(35,36)16-14-31;/h3-8,17H,2,9-16H2,1H3,(H3,27,28)(H,29,34);1H. The fourth-order valence-corrected chi connectivity index (χ4v) is 5.70. The molecule has 3 aromatic rings. The molecular weight excluding hydrogens is 544 g/mol. The predicted octanol–water partition coefficient (Wildman–Crippen LogP) is 1.82. The van der Waals surface area contributed by atoms with Crippen LogP contribution >= 0.6 is 12.4 Å². The summed E-state index contributed by atoms with van der Waals surface area (Å²) in [7, 11) is -1.62. The fraction of sp³-hybridized carbons (Fsp3) is 0.385. The van der Waals surface area contributed by atoms with Crippen molar-refractivity contribution in [2.45, 2.75) is 19.4 Å². The minimum absolute atomic E-state index is 0. The highest BCUT2D eigenvalue weighted by atomic mass is 35.5. The average Bonchev–Trinajstić information content (AvgIpc) is 3.27. The van der Waals surface area contributed by atoms with E-state index in [-0.39, 0.29) is 48.6 Å². The number of amidine groups is 1. The number of aryl methyl sites for hydroxylation is 1. The molecule has 4 N–H and O–H groups in total.